The lowest BCUT2D eigenvalue weighted by Crippen LogP contribution is -2.25. The third-order valence-electron chi connectivity index (χ3n) is 3.95. The molecule has 1 aliphatic carbocycles. The molecule has 0 amide bonds. The molecule has 2 heteroatoms. The summed E-state index contributed by atoms with van der Waals surface area (Å²) >= 11 is 0. The first-order valence-corrected chi connectivity index (χ1v) is 6.71. The van der Waals surface area contributed by atoms with E-state index >= 15 is 0 Å². The minimum Gasteiger partial charge on any atom is -0.499 e. The maximum Gasteiger partial charge on any atom is 0.0978 e. The summed E-state index contributed by atoms with van der Waals surface area (Å²) in [5.74, 6) is 1.24. The lowest BCUT2D eigenvalue weighted by atomic mass is 9.87. The predicted octanol–water partition coefficient (Wildman–Crippen LogP) is 4.28. The first-order chi connectivity index (χ1) is 8.19. The van der Waals surface area contributed by atoms with Crippen molar-refractivity contribution in [2.24, 2.45) is 11.8 Å². The van der Waals surface area contributed by atoms with Crippen molar-refractivity contribution >= 4 is 0 Å². The van der Waals surface area contributed by atoms with Gasteiger partial charge in [-0.05, 0) is 44.9 Å². The monoisotopic (exact) mass is 238 g/mol. The number of hydrogen-bond acceptors (Lipinski definition) is 2. The van der Waals surface area contributed by atoms with Gasteiger partial charge >= 0.3 is 0 Å². The molecule has 1 aliphatic rings. The van der Waals surface area contributed by atoms with E-state index in [-0.39, 0.29) is 12.2 Å². The van der Waals surface area contributed by atoms with Gasteiger partial charge in [0.2, 0.25) is 0 Å². The Balaban J connectivity index is 2.55. The summed E-state index contributed by atoms with van der Waals surface area (Å²) in [4.78, 5) is 0. The fourth-order valence-electron chi connectivity index (χ4n) is 2.82. The Kier molecular flexibility index (Phi) is 6.17. The Morgan fingerprint density at radius 2 is 1.35 bits per heavy atom. The second kappa shape index (κ2) is 7.41. The molecule has 4 atom stereocenters. The summed E-state index contributed by atoms with van der Waals surface area (Å²) in [6.07, 6.45) is 9.96. The lowest BCUT2D eigenvalue weighted by Gasteiger charge is -2.28. The van der Waals surface area contributed by atoms with Gasteiger partial charge in [0.05, 0.1) is 24.7 Å². The van der Waals surface area contributed by atoms with Crippen LogP contribution >= 0.6 is 0 Å². The molecule has 1 fully saturated rings. The van der Waals surface area contributed by atoms with Gasteiger partial charge in [0.15, 0.2) is 0 Å². The van der Waals surface area contributed by atoms with Crippen molar-refractivity contribution < 1.29 is 9.47 Å². The van der Waals surface area contributed by atoms with Crippen LogP contribution in [-0.2, 0) is 9.47 Å². The van der Waals surface area contributed by atoms with Gasteiger partial charge in [0, 0.05) is 0 Å². The van der Waals surface area contributed by atoms with Crippen molar-refractivity contribution in [2.75, 3.05) is 0 Å². The highest BCUT2D eigenvalue weighted by molar-refractivity contribution is 4.80. The molecular weight excluding hydrogens is 212 g/mol. The van der Waals surface area contributed by atoms with Gasteiger partial charge in [-0.2, -0.15) is 0 Å². The molecule has 0 heterocycles. The van der Waals surface area contributed by atoms with Crippen LogP contribution in [0.5, 0.6) is 0 Å². The van der Waals surface area contributed by atoms with Crippen molar-refractivity contribution in [3.8, 4) is 0 Å². The van der Waals surface area contributed by atoms with Gasteiger partial charge < -0.3 is 9.47 Å². The largest absolute Gasteiger partial charge is 0.499 e. The average molecular weight is 238 g/mol. The fourth-order valence-corrected chi connectivity index (χ4v) is 2.82. The topological polar surface area (TPSA) is 18.5 Å². The molecule has 2 nitrogen and oxygen atoms in total. The second-order valence-corrected chi connectivity index (χ2v) is 5.06. The van der Waals surface area contributed by atoms with E-state index in [0.29, 0.717) is 11.8 Å². The molecule has 0 saturated heterocycles. The Bertz CT molecular complexity index is 213. The fraction of sp³-hybridized carbons (Fsp3) is 0.733. The maximum absolute atomic E-state index is 5.53. The summed E-state index contributed by atoms with van der Waals surface area (Å²) in [5, 5.41) is 0. The van der Waals surface area contributed by atoms with E-state index in [1.54, 1.807) is 12.5 Å². The van der Waals surface area contributed by atoms with Crippen LogP contribution in [0.2, 0.25) is 0 Å². The summed E-state index contributed by atoms with van der Waals surface area (Å²) < 4.78 is 11.1. The average Bonchev–Trinajstić information content (AvgIpc) is 2.55. The molecule has 0 N–H and O–H groups in total. The van der Waals surface area contributed by atoms with Crippen LogP contribution in [0.15, 0.2) is 25.7 Å². The Morgan fingerprint density at radius 1 is 0.941 bits per heavy atom. The summed E-state index contributed by atoms with van der Waals surface area (Å²) in [7, 11) is 0. The van der Waals surface area contributed by atoms with E-state index in [9.17, 15) is 0 Å². The highest BCUT2D eigenvalue weighted by Crippen LogP contribution is 2.33. The number of rotatable bonds is 6. The molecule has 17 heavy (non-hydrogen) atoms. The third-order valence-corrected chi connectivity index (χ3v) is 3.95. The molecule has 0 aliphatic heterocycles. The van der Waals surface area contributed by atoms with E-state index in [2.05, 4.69) is 27.0 Å². The van der Waals surface area contributed by atoms with Crippen LogP contribution in [0.4, 0.5) is 0 Å². The highest BCUT2D eigenvalue weighted by atomic mass is 16.5. The summed E-state index contributed by atoms with van der Waals surface area (Å²) in [5.41, 5.74) is 0. The molecule has 0 aromatic carbocycles. The number of hydrogen-bond donors (Lipinski definition) is 0. The molecular formula is C15H26O2. The predicted molar refractivity (Wildman–Crippen MR) is 71.6 cm³/mol. The minimum absolute atomic E-state index is 0.268. The number of ether oxygens (including phenoxy) is 2. The van der Waals surface area contributed by atoms with Gasteiger partial charge in [-0.1, -0.05) is 26.0 Å². The summed E-state index contributed by atoms with van der Waals surface area (Å²) in [6.45, 7) is 11.6. The van der Waals surface area contributed by atoms with E-state index in [1.165, 1.54) is 32.1 Å². The van der Waals surface area contributed by atoms with Gasteiger partial charge in [-0.3, -0.25) is 0 Å². The molecule has 0 bridgehead atoms. The molecule has 1 rings (SSSR count). The van der Waals surface area contributed by atoms with Gasteiger partial charge in [-0.15, -0.1) is 0 Å². The van der Waals surface area contributed by atoms with Gasteiger partial charge in [-0.25, -0.2) is 0 Å². The van der Waals surface area contributed by atoms with Crippen LogP contribution in [0.3, 0.4) is 0 Å². The third kappa shape index (κ3) is 4.45. The molecule has 0 spiro atoms. The smallest absolute Gasteiger partial charge is 0.0978 e. The van der Waals surface area contributed by atoms with E-state index in [0.717, 1.165) is 0 Å². The molecule has 1 saturated carbocycles. The van der Waals surface area contributed by atoms with E-state index in [1.807, 2.05) is 0 Å². The zero-order valence-electron chi connectivity index (χ0n) is 11.2. The Morgan fingerprint density at radius 3 is 1.71 bits per heavy atom. The van der Waals surface area contributed by atoms with Crippen LogP contribution in [0, 0.1) is 11.8 Å². The van der Waals surface area contributed by atoms with Crippen molar-refractivity contribution in [1.29, 1.82) is 0 Å². The summed E-state index contributed by atoms with van der Waals surface area (Å²) in [6, 6.07) is 0. The zero-order valence-corrected chi connectivity index (χ0v) is 11.2. The SMILES string of the molecule is C=COC(C)C1CCCCC(C(C)OC=C)C1. The molecule has 0 radical (unpaired) electrons. The first-order valence-electron chi connectivity index (χ1n) is 6.71. The van der Waals surface area contributed by atoms with Crippen molar-refractivity contribution in [3.63, 3.8) is 0 Å². The quantitative estimate of drug-likeness (QED) is 0.508. The second-order valence-electron chi connectivity index (χ2n) is 5.06. The molecule has 4 unspecified atom stereocenters. The molecule has 0 aromatic rings. The lowest BCUT2D eigenvalue weighted by molar-refractivity contribution is 0.0524. The molecule has 0 aromatic heterocycles. The standard InChI is InChI=1S/C15H26O2/c1-5-16-12(3)14-9-7-8-10-15(11-14)13(4)17-6-2/h5-6,12-15H,1-2,7-11H2,3-4H3. The van der Waals surface area contributed by atoms with Crippen molar-refractivity contribution in [1.82, 2.24) is 0 Å². The minimum atomic E-state index is 0.268. The zero-order chi connectivity index (χ0) is 12.7. The van der Waals surface area contributed by atoms with Crippen molar-refractivity contribution in [2.45, 2.75) is 58.2 Å². The highest BCUT2D eigenvalue weighted by Gasteiger charge is 2.28. The van der Waals surface area contributed by atoms with E-state index < -0.39 is 0 Å². The van der Waals surface area contributed by atoms with Crippen LogP contribution in [-0.4, -0.2) is 12.2 Å². The van der Waals surface area contributed by atoms with Crippen LogP contribution < -0.4 is 0 Å². The van der Waals surface area contributed by atoms with Gasteiger partial charge in [0.1, 0.15) is 0 Å². The van der Waals surface area contributed by atoms with Gasteiger partial charge in [0.25, 0.3) is 0 Å². The van der Waals surface area contributed by atoms with Crippen LogP contribution in [0.1, 0.15) is 46.0 Å². The maximum atomic E-state index is 5.53. The normalized spacial score (nSPS) is 28.6. The Hall–Kier alpha value is -0.920. The van der Waals surface area contributed by atoms with E-state index in [4.69, 9.17) is 9.47 Å². The first kappa shape index (κ1) is 14.1. The Labute approximate surface area is 106 Å². The van der Waals surface area contributed by atoms with Crippen molar-refractivity contribution in [3.05, 3.63) is 25.7 Å². The molecule has 98 valence electrons. The van der Waals surface area contributed by atoms with Crippen LogP contribution in [0.25, 0.3) is 0 Å².